The van der Waals surface area contributed by atoms with Crippen molar-refractivity contribution in [2.45, 2.75) is 13.3 Å². The molecule has 1 N–H and O–H groups in total. The van der Waals surface area contributed by atoms with Crippen LogP contribution in [0.15, 0.2) is 18.2 Å². The second kappa shape index (κ2) is 3.59. The Morgan fingerprint density at radius 1 is 1.58 bits per heavy atom. The van der Waals surface area contributed by atoms with E-state index in [1.54, 1.807) is 12.1 Å². The van der Waals surface area contributed by atoms with Gasteiger partial charge in [-0.25, -0.2) is 0 Å². The highest BCUT2D eigenvalue weighted by atomic mass is 35.5. The Morgan fingerprint density at radius 3 is 2.75 bits per heavy atom. The zero-order valence-electron chi connectivity index (χ0n) is 6.67. The molecule has 0 atom stereocenters. The average molecular weight is 185 g/mol. The van der Waals surface area contributed by atoms with Crippen molar-refractivity contribution >= 4 is 17.4 Å². The second-order valence-electron chi connectivity index (χ2n) is 2.62. The third kappa shape index (κ3) is 1.98. The van der Waals surface area contributed by atoms with Gasteiger partial charge in [0.2, 0.25) is 0 Å². The van der Waals surface area contributed by atoms with Crippen molar-refractivity contribution in [1.29, 1.82) is 0 Å². The maximum atomic E-state index is 10.7. The Balaban J connectivity index is 3.04. The summed E-state index contributed by atoms with van der Waals surface area (Å²) in [4.78, 5) is 10.7. The highest BCUT2D eigenvalue weighted by molar-refractivity contribution is 6.31. The molecule has 0 amide bonds. The number of benzene rings is 1. The molecule has 0 aliphatic heterocycles. The molecule has 12 heavy (non-hydrogen) atoms. The van der Waals surface area contributed by atoms with Gasteiger partial charge in [-0.3, -0.25) is 4.79 Å². The van der Waals surface area contributed by atoms with E-state index in [1.165, 1.54) is 13.0 Å². The van der Waals surface area contributed by atoms with E-state index in [9.17, 15) is 9.90 Å². The van der Waals surface area contributed by atoms with Gasteiger partial charge in [0.05, 0.1) is 0 Å². The van der Waals surface area contributed by atoms with E-state index in [0.717, 1.165) is 0 Å². The minimum absolute atomic E-state index is 0.0154. The second-order valence-corrected chi connectivity index (χ2v) is 3.02. The van der Waals surface area contributed by atoms with E-state index in [0.29, 0.717) is 10.6 Å². The molecular weight excluding hydrogens is 176 g/mol. The number of ketones is 1. The van der Waals surface area contributed by atoms with Crippen molar-refractivity contribution in [3.05, 3.63) is 28.8 Å². The molecule has 0 saturated carbocycles. The lowest BCUT2D eigenvalue weighted by Crippen LogP contribution is -1.97. The molecule has 3 heteroatoms. The van der Waals surface area contributed by atoms with Crippen molar-refractivity contribution in [1.82, 2.24) is 0 Å². The fourth-order valence-corrected chi connectivity index (χ4v) is 1.21. The Labute approximate surface area is 75.8 Å². The quantitative estimate of drug-likeness (QED) is 0.765. The number of hydrogen-bond donors (Lipinski definition) is 1. The first kappa shape index (κ1) is 9.07. The zero-order valence-corrected chi connectivity index (χ0v) is 7.43. The normalized spacial score (nSPS) is 9.83. The molecule has 0 aliphatic carbocycles. The number of rotatable bonds is 2. The van der Waals surface area contributed by atoms with Gasteiger partial charge in [-0.15, -0.1) is 0 Å². The molecule has 0 aliphatic rings. The highest BCUT2D eigenvalue weighted by Crippen LogP contribution is 2.25. The molecule has 0 bridgehead atoms. The van der Waals surface area contributed by atoms with Gasteiger partial charge in [0.1, 0.15) is 11.5 Å². The van der Waals surface area contributed by atoms with E-state index in [-0.39, 0.29) is 18.0 Å². The Kier molecular flexibility index (Phi) is 2.71. The first-order valence-corrected chi connectivity index (χ1v) is 3.95. The third-order valence-electron chi connectivity index (χ3n) is 1.52. The number of phenolic OH excluding ortho intramolecular Hbond substituents is 1. The Hall–Kier alpha value is -1.02. The van der Waals surface area contributed by atoms with Crippen LogP contribution in [0.3, 0.4) is 0 Å². The summed E-state index contributed by atoms with van der Waals surface area (Å²) in [5.74, 6) is 0.0658. The summed E-state index contributed by atoms with van der Waals surface area (Å²) in [6, 6.07) is 4.81. The summed E-state index contributed by atoms with van der Waals surface area (Å²) in [7, 11) is 0. The number of carbonyl (C=O) groups is 1. The summed E-state index contributed by atoms with van der Waals surface area (Å²) in [6.45, 7) is 1.46. The van der Waals surface area contributed by atoms with Crippen molar-refractivity contribution in [3.63, 3.8) is 0 Å². The van der Waals surface area contributed by atoms with Gasteiger partial charge in [0, 0.05) is 17.0 Å². The summed E-state index contributed by atoms with van der Waals surface area (Å²) < 4.78 is 0. The maximum absolute atomic E-state index is 10.7. The van der Waals surface area contributed by atoms with E-state index < -0.39 is 0 Å². The van der Waals surface area contributed by atoms with Gasteiger partial charge < -0.3 is 5.11 Å². The van der Waals surface area contributed by atoms with E-state index in [1.807, 2.05) is 0 Å². The first-order valence-electron chi connectivity index (χ1n) is 3.57. The van der Waals surface area contributed by atoms with Crippen LogP contribution in [0.4, 0.5) is 0 Å². The van der Waals surface area contributed by atoms with Crippen LogP contribution in [0.5, 0.6) is 5.75 Å². The van der Waals surface area contributed by atoms with Crippen molar-refractivity contribution in [3.8, 4) is 5.75 Å². The van der Waals surface area contributed by atoms with E-state index in [4.69, 9.17) is 11.6 Å². The SMILES string of the molecule is CC(=O)Cc1c(O)cccc1Cl. The van der Waals surface area contributed by atoms with Crippen LogP contribution in [0, 0.1) is 0 Å². The van der Waals surface area contributed by atoms with E-state index in [2.05, 4.69) is 0 Å². The maximum Gasteiger partial charge on any atom is 0.134 e. The van der Waals surface area contributed by atoms with Crippen molar-refractivity contribution in [2.24, 2.45) is 0 Å². The highest BCUT2D eigenvalue weighted by Gasteiger charge is 2.07. The minimum Gasteiger partial charge on any atom is -0.508 e. The van der Waals surface area contributed by atoms with E-state index >= 15 is 0 Å². The van der Waals surface area contributed by atoms with Gasteiger partial charge in [0.15, 0.2) is 0 Å². The number of phenols is 1. The summed E-state index contributed by atoms with van der Waals surface area (Å²) in [5.41, 5.74) is 0.506. The molecule has 0 spiro atoms. The van der Waals surface area contributed by atoms with Gasteiger partial charge in [-0.2, -0.15) is 0 Å². The van der Waals surface area contributed by atoms with Crippen LogP contribution >= 0.6 is 11.6 Å². The van der Waals surface area contributed by atoms with Gasteiger partial charge >= 0.3 is 0 Å². The standard InChI is InChI=1S/C9H9ClO2/c1-6(11)5-7-8(10)3-2-4-9(7)12/h2-4,12H,5H2,1H3. The fourth-order valence-electron chi connectivity index (χ4n) is 0.971. The third-order valence-corrected chi connectivity index (χ3v) is 1.87. The minimum atomic E-state index is -0.0154. The lowest BCUT2D eigenvalue weighted by atomic mass is 10.1. The largest absolute Gasteiger partial charge is 0.508 e. The van der Waals surface area contributed by atoms with Crippen LogP contribution in [-0.2, 0) is 11.2 Å². The molecule has 0 fully saturated rings. The molecular formula is C9H9ClO2. The molecule has 0 heterocycles. The number of carbonyl (C=O) groups excluding carboxylic acids is 1. The topological polar surface area (TPSA) is 37.3 Å². The lowest BCUT2D eigenvalue weighted by Gasteiger charge is -2.03. The molecule has 0 saturated heterocycles. The number of halogens is 1. The fraction of sp³-hybridized carbons (Fsp3) is 0.222. The number of Topliss-reactive ketones (excluding diaryl/α,β-unsaturated/α-hetero) is 1. The van der Waals surface area contributed by atoms with Gasteiger partial charge in [0.25, 0.3) is 0 Å². The zero-order chi connectivity index (χ0) is 9.14. The van der Waals surface area contributed by atoms with Crippen LogP contribution in [0.1, 0.15) is 12.5 Å². The molecule has 2 nitrogen and oxygen atoms in total. The molecule has 0 aromatic heterocycles. The summed E-state index contributed by atoms with van der Waals surface area (Å²) in [6.07, 6.45) is 0.186. The molecule has 64 valence electrons. The summed E-state index contributed by atoms with van der Waals surface area (Å²) in [5, 5.41) is 9.74. The van der Waals surface area contributed by atoms with Gasteiger partial charge in [-0.1, -0.05) is 17.7 Å². The van der Waals surface area contributed by atoms with Crippen LogP contribution in [0.25, 0.3) is 0 Å². The molecule has 1 aromatic rings. The van der Waals surface area contributed by atoms with Crippen molar-refractivity contribution in [2.75, 3.05) is 0 Å². The van der Waals surface area contributed by atoms with Crippen LogP contribution in [0.2, 0.25) is 5.02 Å². The lowest BCUT2D eigenvalue weighted by molar-refractivity contribution is -0.116. The Morgan fingerprint density at radius 2 is 2.25 bits per heavy atom. The molecule has 0 unspecified atom stereocenters. The predicted molar refractivity (Wildman–Crippen MR) is 47.5 cm³/mol. The van der Waals surface area contributed by atoms with Crippen LogP contribution in [-0.4, -0.2) is 10.9 Å². The number of hydrogen-bond acceptors (Lipinski definition) is 2. The Bertz CT molecular complexity index is 287. The summed E-state index contributed by atoms with van der Waals surface area (Å²) >= 11 is 5.76. The van der Waals surface area contributed by atoms with Crippen LogP contribution < -0.4 is 0 Å². The average Bonchev–Trinajstić information content (AvgIpc) is 1.97. The monoisotopic (exact) mass is 184 g/mol. The number of aromatic hydroxyl groups is 1. The van der Waals surface area contributed by atoms with Crippen molar-refractivity contribution < 1.29 is 9.90 Å². The molecule has 1 aromatic carbocycles. The predicted octanol–water partition coefficient (Wildman–Crippen LogP) is 2.18. The molecule has 1 rings (SSSR count). The first-order chi connectivity index (χ1) is 5.61. The van der Waals surface area contributed by atoms with Gasteiger partial charge in [-0.05, 0) is 19.1 Å². The smallest absolute Gasteiger partial charge is 0.134 e. The molecule has 0 radical (unpaired) electrons.